The average Bonchev–Trinajstić information content (AvgIpc) is 3.41. The van der Waals surface area contributed by atoms with Crippen LogP contribution in [0.5, 0.6) is 0 Å². The molecule has 1 aliphatic carbocycles. The highest BCUT2D eigenvalue weighted by Crippen LogP contribution is 2.30. The number of carbonyl (C=O) groups is 2. The molecule has 6 heteroatoms. The minimum Gasteiger partial charge on any atom is -0.326 e. The van der Waals surface area contributed by atoms with Crippen LogP contribution in [-0.2, 0) is 9.59 Å². The molecule has 2 aromatic rings. The van der Waals surface area contributed by atoms with E-state index in [1.54, 1.807) is 24.3 Å². The Morgan fingerprint density at radius 1 is 0.958 bits per heavy atom. The molecular weight excluding hydrogens is 344 g/mol. The molecule has 0 heterocycles. The van der Waals surface area contributed by atoms with Gasteiger partial charge in [-0.25, -0.2) is 0 Å². The van der Waals surface area contributed by atoms with Gasteiger partial charge >= 0.3 is 0 Å². The van der Waals surface area contributed by atoms with Gasteiger partial charge in [-0.2, -0.15) is 0 Å². The first kappa shape index (κ1) is 16.9. The number of amides is 2. The van der Waals surface area contributed by atoms with E-state index in [1.165, 1.54) is 11.8 Å². The van der Waals surface area contributed by atoms with Gasteiger partial charge in [-0.15, -0.1) is 11.8 Å². The fraction of sp³-hybridized carbons (Fsp3) is 0.222. The second-order valence-corrected chi connectivity index (χ2v) is 7.12. The van der Waals surface area contributed by atoms with E-state index in [-0.39, 0.29) is 17.7 Å². The quantitative estimate of drug-likeness (QED) is 0.750. The summed E-state index contributed by atoms with van der Waals surface area (Å²) in [5.74, 6) is 0.526. The van der Waals surface area contributed by atoms with Crippen LogP contribution in [-0.4, -0.2) is 17.6 Å². The highest BCUT2D eigenvalue weighted by molar-refractivity contribution is 8.00. The number of thioether (sulfide) groups is 1. The second kappa shape index (κ2) is 7.73. The maximum Gasteiger partial charge on any atom is 0.234 e. The Bertz CT molecular complexity index is 728. The molecule has 0 aromatic heterocycles. The number of nitrogens with one attached hydrogen (secondary N) is 2. The van der Waals surface area contributed by atoms with Crippen molar-refractivity contribution in [3.63, 3.8) is 0 Å². The van der Waals surface area contributed by atoms with Crippen molar-refractivity contribution in [2.45, 2.75) is 17.7 Å². The van der Waals surface area contributed by atoms with Crippen LogP contribution in [0.1, 0.15) is 12.8 Å². The zero-order valence-corrected chi connectivity index (χ0v) is 14.5. The summed E-state index contributed by atoms with van der Waals surface area (Å²) in [5.41, 5.74) is 1.52. The number of benzene rings is 2. The van der Waals surface area contributed by atoms with Crippen LogP contribution in [0, 0.1) is 5.92 Å². The molecule has 0 spiro atoms. The molecule has 0 saturated heterocycles. The second-order valence-electron chi connectivity index (χ2n) is 5.63. The van der Waals surface area contributed by atoms with E-state index >= 15 is 0 Å². The van der Waals surface area contributed by atoms with E-state index in [9.17, 15) is 9.59 Å². The van der Waals surface area contributed by atoms with Crippen LogP contribution < -0.4 is 10.6 Å². The van der Waals surface area contributed by atoms with Gasteiger partial charge in [-0.05, 0) is 61.4 Å². The Kier molecular flexibility index (Phi) is 5.43. The van der Waals surface area contributed by atoms with Crippen molar-refractivity contribution >= 4 is 46.6 Å². The molecule has 2 aromatic carbocycles. The maximum absolute atomic E-state index is 11.9. The van der Waals surface area contributed by atoms with Crippen LogP contribution in [0.15, 0.2) is 53.4 Å². The van der Waals surface area contributed by atoms with Gasteiger partial charge < -0.3 is 10.6 Å². The summed E-state index contributed by atoms with van der Waals surface area (Å²) in [6, 6.07) is 14.5. The van der Waals surface area contributed by atoms with Crippen LogP contribution in [0.2, 0.25) is 5.02 Å². The molecule has 0 atom stereocenters. The molecular formula is C18H17ClN2O2S. The lowest BCUT2D eigenvalue weighted by Crippen LogP contribution is -2.14. The summed E-state index contributed by atoms with van der Waals surface area (Å²) >= 11 is 7.26. The predicted octanol–water partition coefficient (Wildman–Crippen LogP) is 4.42. The molecule has 0 unspecified atom stereocenters. The van der Waals surface area contributed by atoms with Gasteiger partial charge in [-0.1, -0.05) is 11.6 Å². The van der Waals surface area contributed by atoms with Crippen LogP contribution in [0.4, 0.5) is 11.4 Å². The molecule has 2 amide bonds. The van der Waals surface area contributed by atoms with E-state index in [4.69, 9.17) is 11.6 Å². The zero-order chi connectivity index (χ0) is 16.9. The van der Waals surface area contributed by atoms with E-state index in [1.807, 2.05) is 24.3 Å². The number of rotatable bonds is 6. The highest BCUT2D eigenvalue weighted by atomic mass is 35.5. The fourth-order valence-electron chi connectivity index (χ4n) is 2.10. The minimum absolute atomic E-state index is 0.0755. The summed E-state index contributed by atoms with van der Waals surface area (Å²) in [5, 5.41) is 6.35. The summed E-state index contributed by atoms with van der Waals surface area (Å²) in [7, 11) is 0. The lowest BCUT2D eigenvalue weighted by atomic mass is 10.3. The normalized spacial score (nSPS) is 13.4. The van der Waals surface area contributed by atoms with E-state index in [2.05, 4.69) is 10.6 Å². The summed E-state index contributed by atoms with van der Waals surface area (Å²) in [4.78, 5) is 24.6. The van der Waals surface area contributed by atoms with Gasteiger partial charge in [0.2, 0.25) is 11.8 Å². The van der Waals surface area contributed by atoms with Crippen molar-refractivity contribution < 1.29 is 9.59 Å². The maximum atomic E-state index is 11.9. The van der Waals surface area contributed by atoms with Gasteiger partial charge in [0.25, 0.3) is 0 Å². The third-order valence-corrected chi connectivity index (χ3v) is 4.83. The molecule has 0 aliphatic heterocycles. The van der Waals surface area contributed by atoms with E-state index in [0.717, 1.165) is 29.1 Å². The Labute approximate surface area is 150 Å². The predicted molar refractivity (Wildman–Crippen MR) is 98.6 cm³/mol. The Balaban J connectivity index is 1.46. The third kappa shape index (κ3) is 5.01. The van der Waals surface area contributed by atoms with Gasteiger partial charge in [0.1, 0.15) is 0 Å². The number of carbonyl (C=O) groups excluding carboxylic acids is 2. The molecule has 0 bridgehead atoms. The Morgan fingerprint density at radius 3 is 2.17 bits per heavy atom. The monoisotopic (exact) mass is 360 g/mol. The molecule has 1 fully saturated rings. The van der Waals surface area contributed by atoms with Crippen molar-refractivity contribution in [1.29, 1.82) is 0 Å². The molecule has 1 saturated carbocycles. The fourth-order valence-corrected chi connectivity index (χ4v) is 2.93. The minimum atomic E-state index is -0.0755. The summed E-state index contributed by atoms with van der Waals surface area (Å²) in [6.45, 7) is 0. The number of anilines is 2. The summed E-state index contributed by atoms with van der Waals surface area (Å²) < 4.78 is 0. The molecule has 1 aliphatic rings. The van der Waals surface area contributed by atoms with Gasteiger partial charge in [-0.3, -0.25) is 9.59 Å². The highest BCUT2D eigenvalue weighted by Gasteiger charge is 2.29. The van der Waals surface area contributed by atoms with Crippen molar-refractivity contribution in [2.24, 2.45) is 5.92 Å². The lowest BCUT2D eigenvalue weighted by molar-refractivity contribution is -0.117. The zero-order valence-electron chi connectivity index (χ0n) is 12.9. The average molecular weight is 361 g/mol. The molecule has 3 rings (SSSR count). The standard InChI is InChI=1S/C18H17ClN2O2S/c19-13-3-5-14(6-4-13)20-17(22)11-24-16-9-7-15(8-10-16)21-18(23)12-1-2-12/h3-10,12H,1-2,11H2,(H,20,22)(H,21,23). The smallest absolute Gasteiger partial charge is 0.234 e. The summed E-state index contributed by atoms with van der Waals surface area (Å²) in [6.07, 6.45) is 1.98. The van der Waals surface area contributed by atoms with Crippen molar-refractivity contribution in [3.8, 4) is 0 Å². The molecule has 24 heavy (non-hydrogen) atoms. The number of halogens is 1. The van der Waals surface area contributed by atoms with Crippen molar-refractivity contribution in [1.82, 2.24) is 0 Å². The van der Waals surface area contributed by atoms with Crippen LogP contribution in [0.25, 0.3) is 0 Å². The lowest BCUT2D eigenvalue weighted by Gasteiger charge is -2.07. The van der Waals surface area contributed by atoms with Crippen molar-refractivity contribution in [2.75, 3.05) is 16.4 Å². The van der Waals surface area contributed by atoms with Crippen molar-refractivity contribution in [3.05, 3.63) is 53.6 Å². The SMILES string of the molecule is O=C(CSc1ccc(NC(=O)C2CC2)cc1)Nc1ccc(Cl)cc1. The first-order chi connectivity index (χ1) is 11.6. The van der Waals surface area contributed by atoms with E-state index < -0.39 is 0 Å². The van der Waals surface area contributed by atoms with Gasteiger partial charge in [0, 0.05) is 27.2 Å². The Morgan fingerprint density at radius 2 is 1.54 bits per heavy atom. The number of hydrogen-bond acceptors (Lipinski definition) is 3. The first-order valence-corrected chi connectivity index (χ1v) is 9.06. The van der Waals surface area contributed by atoms with Crippen LogP contribution in [0.3, 0.4) is 0 Å². The molecule has 2 N–H and O–H groups in total. The van der Waals surface area contributed by atoms with E-state index in [0.29, 0.717) is 10.8 Å². The molecule has 124 valence electrons. The largest absolute Gasteiger partial charge is 0.326 e. The van der Waals surface area contributed by atoms with Gasteiger partial charge in [0.15, 0.2) is 0 Å². The number of hydrogen-bond donors (Lipinski definition) is 2. The molecule has 4 nitrogen and oxygen atoms in total. The van der Waals surface area contributed by atoms with Gasteiger partial charge in [0.05, 0.1) is 5.75 Å². The van der Waals surface area contributed by atoms with Crippen LogP contribution >= 0.6 is 23.4 Å². The third-order valence-electron chi connectivity index (χ3n) is 3.57. The Hall–Kier alpha value is -1.98. The topological polar surface area (TPSA) is 58.2 Å². The first-order valence-electron chi connectivity index (χ1n) is 7.69. The molecule has 0 radical (unpaired) electrons.